The number of rotatable bonds is 7. The molecule has 2 heterocycles. The van der Waals surface area contributed by atoms with Gasteiger partial charge in [-0.1, -0.05) is 61.5 Å². The summed E-state index contributed by atoms with van der Waals surface area (Å²) in [5.41, 5.74) is 1.96. The SMILES string of the molecule is CC(C)(C)OC(=O)N(C(=O)OC(C)(C)C)c1ncccc1-c1cc(Cc2ccc(CCC3CCCCC3)cc2)no1. The van der Waals surface area contributed by atoms with Gasteiger partial charge in [0.25, 0.3) is 0 Å². The first kappa shape index (κ1) is 30.3. The normalized spacial score (nSPS) is 14.5. The van der Waals surface area contributed by atoms with Gasteiger partial charge in [0, 0.05) is 18.7 Å². The van der Waals surface area contributed by atoms with Crippen LogP contribution in [0.2, 0.25) is 0 Å². The van der Waals surface area contributed by atoms with E-state index in [1.54, 1.807) is 59.7 Å². The van der Waals surface area contributed by atoms with Crippen molar-refractivity contribution in [1.82, 2.24) is 10.1 Å². The first-order chi connectivity index (χ1) is 19.4. The third kappa shape index (κ3) is 8.90. The number of imide groups is 1. The van der Waals surface area contributed by atoms with Gasteiger partial charge in [-0.25, -0.2) is 14.6 Å². The minimum absolute atomic E-state index is 0.0426. The molecule has 0 N–H and O–H groups in total. The molecule has 2 amide bonds. The summed E-state index contributed by atoms with van der Waals surface area (Å²) in [6.45, 7) is 10.4. The number of hydrogen-bond acceptors (Lipinski definition) is 7. The van der Waals surface area contributed by atoms with Crippen LogP contribution >= 0.6 is 0 Å². The van der Waals surface area contributed by atoms with Crippen LogP contribution in [0.25, 0.3) is 11.3 Å². The molecule has 0 saturated heterocycles. The fourth-order valence-corrected chi connectivity index (χ4v) is 5.03. The number of nitrogens with zero attached hydrogens (tertiary/aromatic N) is 3. The highest BCUT2D eigenvalue weighted by atomic mass is 16.6. The lowest BCUT2D eigenvalue weighted by Gasteiger charge is -2.28. The number of hydrogen-bond donors (Lipinski definition) is 0. The standard InChI is InChI=1S/C33H43N3O5/c1-32(2,3)39-30(37)36(31(38)40-33(4,5)6)29-27(13-10-20-34-29)28-22-26(35-41-28)21-25-18-16-24(17-19-25)15-14-23-11-8-7-9-12-23/h10,13,16-20,22-23H,7-9,11-12,14-15,21H2,1-6H3. The van der Waals surface area contributed by atoms with E-state index in [0.29, 0.717) is 17.7 Å². The minimum atomic E-state index is -0.894. The number of pyridine rings is 1. The van der Waals surface area contributed by atoms with E-state index in [1.165, 1.54) is 50.3 Å². The van der Waals surface area contributed by atoms with E-state index in [4.69, 9.17) is 14.0 Å². The van der Waals surface area contributed by atoms with Gasteiger partial charge in [0.05, 0.1) is 11.3 Å². The Balaban J connectivity index is 1.51. The summed E-state index contributed by atoms with van der Waals surface area (Å²) in [5, 5.41) is 4.26. The molecule has 41 heavy (non-hydrogen) atoms. The van der Waals surface area contributed by atoms with Crippen LogP contribution in [-0.4, -0.2) is 33.5 Å². The lowest BCUT2D eigenvalue weighted by molar-refractivity contribution is 0.0429. The predicted molar refractivity (Wildman–Crippen MR) is 159 cm³/mol. The first-order valence-corrected chi connectivity index (χ1v) is 14.6. The van der Waals surface area contributed by atoms with E-state index in [2.05, 4.69) is 34.4 Å². The highest BCUT2D eigenvalue weighted by Gasteiger charge is 2.35. The van der Waals surface area contributed by atoms with Crippen molar-refractivity contribution < 1.29 is 23.6 Å². The average molecular weight is 562 g/mol. The maximum atomic E-state index is 13.2. The lowest BCUT2D eigenvalue weighted by Crippen LogP contribution is -2.44. The highest BCUT2D eigenvalue weighted by Crippen LogP contribution is 2.32. The molecule has 4 rings (SSSR count). The molecule has 8 heteroatoms. The Hall–Kier alpha value is -3.68. The van der Waals surface area contributed by atoms with E-state index in [9.17, 15) is 9.59 Å². The fourth-order valence-electron chi connectivity index (χ4n) is 5.03. The second-order valence-corrected chi connectivity index (χ2v) is 12.9. The molecule has 0 unspecified atom stereocenters. The Bertz CT molecular complexity index is 1280. The zero-order valence-electron chi connectivity index (χ0n) is 25.2. The number of amides is 2. The fraction of sp³-hybridized carbons (Fsp3) is 0.515. The topological polar surface area (TPSA) is 94.8 Å². The molecule has 3 aromatic rings. The number of benzene rings is 1. The van der Waals surface area contributed by atoms with Crippen LogP contribution in [0, 0.1) is 5.92 Å². The Kier molecular flexibility index (Phi) is 9.51. The summed E-state index contributed by atoms with van der Waals surface area (Å²) in [7, 11) is 0. The molecule has 0 atom stereocenters. The molecule has 220 valence electrons. The van der Waals surface area contributed by atoms with E-state index in [-0.39, 0.29) is 5.82 Å². The molecule has 0 radical (unpaired) electrons. The van der Waals surface area contributed by atoms with Crippen molar-refractivity contribution in [3.63, 3.8) is 0 Å². The van der Waals surface area contributed by atoms with Gasteiger partial charge in [-0.15, -0.1) is 0 Å². The molecule has 0 aliphatic heterocycles. The number of ether oxygens (including phenoxy) is 2. The summed E-state index contributed by atoms with van der Waals surface area (Å²) in [6, 6.07) is 13.9. The third-order valence-corrected chi connectivity index (χ3v) is 6.95. The van der Waals surface area contributed by atoms with Gasteiger partial charge in [-0.3, -0.25) is 0 Å². The largest absolute Gasteiger partial charge is 0.443 e. The molecule has 1 aliphatic rings. The van der Waals surface area contributed by atoms with Gasteiger partial charge in [-0.05, 0) is 83.6 Å². The van der Waals surface area contributed by atoms with Gasteiger partial charge < -0.3 is 14.0 Å². The van der Waals surface area contributed by atoms with Crippen molar-refractivity contribution in [1.29, 1.82) is 0 Å². The van der Waals surface area contributed by atoms with Crippen LogP contribution in [0.1, 0.15) is 96.9 Å². The monoisotopic (exact) mass is 561 g/mol. The minimum Gasteiger partial charge on any atom is -0.443 e. The molecular formula is C33H43N3O5. The van der Waals surface area contributed by atoms with Crippen LogP contribution in [0.5, 0.6) is 0 Å². The summed E-state index contributed by atoms with van der Waals surface area (Å²) in [4.78, 5) is 31.5. The van der Waals surface area contributed by atoms with Crippen LogP contribution < -0.4 is 4.90 Å². The first-order valence-electron chi connectivity index (χ1n) is 14.6. The summed E-state index contributed by atoms with van der Waals surface area (Å²) >= 11 is 0. The van der Waals surface area contributed by atoms with Gasteiger partial charge in [-0.2, -0.15) is 4.90 Å². The van der Waals surface area contributed by atoms with Crippen molar-refractivity contribution in [2.75, 3.05) is 4.90 Å². The van der Waals surface area contributed by atoms with Gasteiger partial charge in [0.2, 0.25) is 0 Å². The number of aryl methyl sites for hydroxylation is 1. The zero-order valence-corrected chi connectivity index (χ0v) is 25.2. The highest BCUT2D eigenvalue weighted by molar-refractivity contribution is 6.10. The maximum absolute atomic E-state index is 13.2. The van der Waals surface area contributed by atoms with Crippen LogP contribution in [0.3, 0.4) is 0 Å². The predicted octanol–water partition coefficient (Wildman–Crippen LogP) is 8.52. The van der Waals surface area contributed by atoms with Crippen molar-refractivity contribution in [2.45, 2.75) is 104 Å². The number of anilines is 1. The zero-order chi connectivity index (χ0) is 29.6. The summed E-state index contributed by atoms with van der Waals surface area (Å²) in [6.07, 6.45) is 9.58. The Labute approximate surface area is 243 Å². The van der Waals surface area contributed by atoms with Gasteiger partial charge in [0.15, 0.2) is 11.6 Å². The van der Waals surface area contributed by atoms with Crippen molar-refractivity contribution >= 4 is 18.0 Å². The molecule has 8 nitrogen and oxygen atoms in total. The van der Waals surface area contributed by atoms with Crippen molar-refractivity contribution in [3.05, 3.63) is 65.5 Å². The smallest absolute Gasteiger partial charge is 0.425 e. The maximum Gasteiger partial charge on any atom is 0.425 e. The van der Waals surface area contributed by atoms with Crippen molar-refractivity contribution in [2.24, 2.45) is 5.92 Å². The summed E-state index contributed by atoms with van der Waals surface area (Å²) in [5.74, 6) is 1.29. The third-order valence-electron chi connectivity index (χ3n) is 6.95. The van der Waals surface area contributed by atoms with E-state index < -0.39 is 23.4 Å². The molecular weight excluding hydrogens is 518 g/mol. The number of carbonyl (C=O) groups is 2. The summed E-state index contributed by atoms with van der Waals surface area (Å²) < 4.78 is 16.7. The number of aromatic nitrogens is 2. The van der Waals surface area contributed by atoms with Crippen molar-refractivity contribution in [3.8, 4) is 11.3 Å². The van der Waals surface area contributed by atoms with E-state index >= 15 is 0 Å². The molecule has 1 aliphatic carbocycles. The second-order valence-electron chi connectivity index (χ2n) is 12.9. The Morgan fingerprint density at radius 2 is 1.51 bits per heavy atom. The van der Waals surface area contributed by atoms with Gasteiger partial charge >= 0.3 is 12.2 Å². The van der Waals surface area contributed by atoms with Crippen LogP contribution in [0.15, 0.2) is 53.2 Å². The molecule has 1 saturated carbocycles. The van der Waals surface area contributed by atoms with Crippen LogP contribution in [0.4, 0.5) is 15.4 Å². The second kappa shape index (κ2) is 12.9. The quantitative estimate of drug-likeness (QED) is 0.285. The molecule has 0 spiro atoms. The van der Waals surface area contributed by atoms with E-state index in [0.717, 1.165) is 28.5 Å². The van der Waals surface area contributed by atoms with E-state index in [1.807, 2.05) is 0 Å². The van der Waals surface area contributed by atoms with Gasteiger partial charge in [0.1, 0.15) is 11.2 Å². The number of carbonyl (C=O) groups excluding carboxylic acids is 2. The average Bonchev–Trinajstić information content (AvgIpc) is 3.35. The lowest BCUT2D eigenvalue weighted by atomic mass is 9.85. The van der Waals surface area contributed by atoms with Crippen LogP contribution in [-0.2, 0) is 22.3 Å². The molecule has 0 bridgehead atoms. The molecule has 1 aromatic carbocycles. The Morgan fingerprint density at radius 1 is 0.902 bits per heavy atom. The Morgan fingerprint density at radius 3 is 2.12 bits per heavy atom. The molecule has 2 aromatic heterocycles. The molecule has 1 fully saturated rings.